The molecule has 0 N–H and O–H groups in total. The predicted molar refractivity (Wildman–Crippen MR) is 321 cm³/mol. The van der Waals surface area contributed by atoms with E-state index in [1.807, 2.05) is 0 Å². The van der Waals surface area contributed by atoms with E-state index < -0.39 is 0 Å². The van der Waals surface area contributed by atoms with E-state index in [1.54, 1.807) is 0 Å². The lowest BCUT2D eigenvalue weighted by Crippen LogP contribution is -2.12. The largest absolute Gasteiger partial charge is 0.379 e. The molecule has 2 fully saturated rings. The number of nitrogens with zero attached hydrogens (tertiary/aromatic N) is 2. The number of hydrogen-bond acceptors (Lipinski definition) is 6. The van der Waals surface area contributed by atoms with Crippen molar-refractivity contribution >= 4 is 34.1 Å². The van der Waals surface area contributed by atoms with Gasteiger partial charge in [0.15, 0.2) is 0 Å². The van der Waals surface area contributed by atoms with Crippen molar-refractivity contribution in [1.29, 1.82) is 0 Å². The topological polar surface area (TPSA) is 50.0 Å². The molecule has 6 aromatic rings. The van der Waals surface area contributed by atoms with Crippen LogP contribution in [0.5, 0.6) is 0 Å². The minimum Gasteiger partial charge on any atom is -0.379 e. The molecule has 6 aromatic carbocycles. The van der Waals surface area contributed by atoms with Gasteiger partial charge in [-0.15, -0.1) is 0 Å². The normalized spacial score (nSPS) is 15.2. The van der Waals surface area contributed by atoms with Crippen LogP contribution < -0.4 is 9.80 Å². The molecule has 2 heterocycles. The lowest BCUT2D eigenvalue weighted by molar-refractivity contribution is 0.0347. The van der Waals surface area contributed by atoms with Gasteiger partial charge in [-0.3, -0.25) is 0 Å². The molecule has 0 bridgehead atoms. The highest BCUT2D eigenvalue weighted by atomic mass is 16.6. The highest BCUT2D eigenvalue weighted by molar-refractivity contribution is 5.82. The first kappa shape index (κ1) is 56.9. The smallest absolute Gasteiger partial charge is 0.104 e. The van der Waals surface area contributed by atoms with Gasteiger partial charge in [0.25, 0.3) is 0 Å². The Kier molecular flexibility index (Phi) is 22.1. The average Bonchev–Trinajstić information content (AvgIpc) is 4.39. The van der Waals surface area contributed by atoms with Gasteiger partial charge in [-0.2, -0.15) is 0 Å². The molecule has 3 atom stereocenters. The van der Waals surface area contributed by atoms with Crippen LogP contribution >= 0.6 is 0 Å². The number of unbranched alkanes of at least 4 members (excludes halogenated alkanes) is 11. The summed E-state index contributed by atoms with van der Waals surface area (Å²) in [5, 5.41) is 0. The Morgan fingerprint density at radius 1 is 0.434 bits per heavy atom. The maximum atomic E-state index is 6.50. The molecule has 0 radical (unpaired) electrons. The Morgan fingerprint density at radius 2 is 0.829 bits per heavy atom. The van der Waals surface area contributed by atoms with Crippen molar-refractivity contribution in [1.82, 2.24) is 0 Å². The highest BCUT2D eigenvalue weighted by Gasteiger charge is 2.26. The van der Waals surface area contributed by atoms with Gasteiger partial charge in [-0.25, -0.2) is 0 Å². The first-order valence-electron chi connectivity index (χ1n) is 29.8. The van der Waals surface area contributed by atoms with Crippen molar-refractivity contribution in [3.8, 4) is 11.1 Å². The fourth-order valence-electron chi connectivity index (χ4n) is 11.2. The molecule has 0 aromatic heterocycles. The van der Waals surface area contributed by atoms with Gasteiger partial charge in [0.1, 0.15) is 12.2 Å². The third-order valence-corrected chi connectivity index (χ3v) is 15.9. The molecular weight excluding hydrogens is 933 g/mol. The maximum Gasteiger partial charge on any atom is 0.104 e. The van der Waals surface area contributed by atoms with Crippen LogP contribution in [0.1, 0.15) is 174 Å². The van der Waals surface area contributed by atoms with Gasteiger partial charge in [0, 0.05) is 40.7 Å². The van der Waals surface area contributed by atoms with Crippen LogP contribution in [0, 0.1) is 27.7 Å². The van der Waals surface area contributed by atoms with E-state index >= 15 is 0 Å². The lowest BCUT2D eigenvalue weighted by atomic mass is 9.95. The van der Waals surface area contributed by atoms with E-state index in [9.17, 15) is 0 Å². The standard InChI is InChI=1S/C70H92N2O4/c1-8-11-14-20-24-68-52(4)44-64(45-53(68)5)71(60-35-27-56(28-36-60)23-19-16-17-22-43-73-48-66-49-74-66)61-37-29-57(30-38-61)58-31-39-62(40-32-58)72(65-46-54(6)69(55(7)47-65)25-21-15-12-9-2)63-41-33-59(34-42-63)70(26-18-13-10-3)76-51-67-50-75-67/h27-42,44-47,66-67,70H,8-26,43,48-51H2,1-7H3. The van der Waals surface area contributed by atoms with Crippen molar-refractivity contribution in [3.63, 3.8) is 0 Å². The Labute approximate surface area is 459 Å². The van der Waals surface area contributed by atoms with Gasteiger partial charge in [-0.1, -0.05) is 140 Å². The van der Waals surface area contributed by atoms with Gasteiger partial charge >= 0.3 is 0 Å². The van der Waals surface area contributed by atoms with Crippen molar-refractivity contribution in [2.75, 3.05) is 42.8 Å². The molecule has 3 unspecified atom stereocenters. The van der Waals surface area contributed by atoms with Gasteiger partial charge in [0.05, 0.1) is 32.5 Å². The Balaban J connectivity index is 1.04. The molecule has 0 amide bonds. The molecule has 6 heteroatoms. The molecule has 8 rings (SSSR count). The Hall–Kier alpha value is -5.24. The van der Waals surface area contributed by atoms with Crippen molar-refractivity contribution in [2.45, 2.75) is 189 Å². The van der Waals surface area contributed by atoms with Gasteiger partial charge in [0.2, 0.25) is 0 Å². The van der Waals surface area contributed by atoms with Crippen molar-refractivity contribution in [2.24, 2.45) is 0 Å². The third kappa shape index (κ3) is 16.6. The average molecular weight is 1030 g/mol. The molecule has 2 aliphatic heterocycles. The molecule has 0 spiro atoms. The summed E-state index contributed by atoms with van der Waals surface area (Å²) in [6, 6.07) is 46.6. The van der Waals surface area contributed by atoms with E-state index in [1.165, 1.54) is 156 Å². The summed E-state index contributed by atoms with van der Waals surface area (Å²) < 4.78 is 23.1. The van der Waals surface area contributed by atoms with Crippen LogP contribution in [0.3, 0.4) is 0 Å². The van der Waals surface area contributed by atoms with Gasteiger partial charge < -0.3 is 28.7 Å². The summed E-state index contributed by atoms with van der Waals surface area (Å²) >= 11 is 0. The summed E-state index contributed by atoms with van der Waals surface area (Å²) in [6.07, 6.45) is 23.6. The summed E-state index contributed by atoms with van der Waals surface area (Å²) in [5.41, 5.74) is 20.6. The number of ether oxygens (including phenoxy) is 4. The Bertz CT molecular complexity index is 2600. The second-order valence-electron chi connectivity index (χ2n) is 22.2. The molecule has 2 saturated heterocycles. The van der Waals surface area contributed by atoms with Crippen molar-refractivity contribution in [3.05, 3.63) is 166 Å². The second kappa shape index (κ2) is 29.5. The summed E-state index contributed by atoms with van der Waals surface area (Å²) in [6.45, 7) is 20.0. The number of aryl methyl sites for hydroxylation is 5. The van der Waals surface area contributed by atoms with Crippen LogP contribution in [0.4, 0.5) is 34.1 Å². The zero-order valence-electron chi connectivity index (χ0n) is 47.8. The van der Waals surface area contributed by atoms with E-state index in [4.69, 9.17) is 18.9 Å². The Morgan fingerprint density at radius 3 is 1.29 bits per heavy atom. The molecule has 2 aliphatic rings. The number of hydrogen-bond donors (Lipinski definition) is 0. The zero-order chi connectivity index (χ0) is 53.1. The second-order valence-corrected chi connectivity index (χ2v) is 22.2. The third-order valence-electron chi connectivity index (χ3n) is 15.9. The van der Waals surface area contributed by atoms with E-state index in [0.717, 1.165) is 82.0 Å². The van der Waals surface area contributed by atoms with Crippen LogP contribution in [0.25, 0.3) is 11.1 Å². The minimum atomic E-state index is 0.0705. The minimum absolute atomic E-state index is 0.0705. The summed E-state index contributed by atoms with van der Waals surface area (Å²) in [5.74, 6) is 0. The number of epoxide rings is 2. The van der Waals surface area contributed by atoms with Crippen LogP contribution in [-0.2, 0) is 38.2 Å². The number of benzene rings is 6. The molecule has 6 nitrogen and oxygen atoms in total. The molecule has 76 heavy (non-hydrogen) atoms. The molecule has 406 valence electrons. The van der Waals surface area contributed by atoms with Crippen LogP contribution in [-0.4, -0.2) is 45.2 Å². The highest BCUT2D eigenvalue weighted by Crippen LogP contribution is 2.41. The van der Waals surface area contributed by atoms with Gasteiger partial charge in [-0.05, 0) is 207 Å². The molecular formula is C70H92N2O4. The zero-order valence-corrected chi connectivity index (χ0v) is 47.8. The number of rotatable bonds is 34. The SMILES string of the molecule is CCCCCCc1c(C)cc(N(c2ccc(CCCCCCOCC3CO3)cc2)c2ccc(-c3ccc(N(c4ccc(C(CCCCC)OCC5CO5)cc4)c4cc(C)c(CCCCCC)c(C)c4)cc3)cc2)cc1C. The molecule has 0 aliphatic carbocycles. The summed E-state index contributed by atoms with van der Waals surface area (Å²) in [7, 11) is 0. The van der Waals surface area contributed by atoms with E-state index in [-0.39, 0.29) is 12.2 Å². The fourth-order valence-corrected chi connectivity index (χ4v) is 11.2. The monoisotopic (exact) mass is 1020 g/mol. The predicted octanol–water partition coefficient (Wildman–Crippen LogP) is 19.3. The first-order chi connectivity index (χ1) is 37.2. The quantitative estimate of drug-likeness (QED) is 0.0297. The van der Waals surface area contributed by atoms with Crippen LogP contribution in [0.2, 0.25) is 0 Å². The van der Waals surface area contributed by atoms with Crippen LogP contribution in [0.15, 0.2) is 121 Å². The first-order valence-corrected chi connectivity index (χ1v) is 29.8. The molecule has 0 saturated carbocycles. The van der Waals surface area contributed by atoms with E-state index in [0.29, 0.717) is 12.7 Å². The number of anilines is 6. The van der Waals surface area contributed by atoms with E-state index in [2.05, 4.69) is 180 Å². The lowest BCUT2D eigenvalue weighted by Gasteiger charge is -2.28. The van der Waals surface area contributed by atoms with Crippen molar-refractivity contribution < 1.29 is 18.9 Å². The maximum absolute atomic E-state index is 6.50. The summed E-state index contributed by atoms with van der Waals surface area (Å²) in [4.78, 5) is 4.89. The fraction of sp³-hybridized carbons (Fsp3) is 0.486.